The van der Waals surface area contributed by atoms with Crippen molar-refractivity contribution in [2.24, 2.45) is 0 Å². The van der Waals surface area contributed by atoms with Gasteiger partial charge in [0.2, 0.25) is 0 Å². The first-order valence-corrected chi connectivity index (χ1v) is 16.2. The van der Waals surface area contributed by atoms with E-state index in [0.29, 0.717) is 5.54 Å². The Balaban J connectivity index is 2.87. The molecule has 0 saturated carbocycles. The van der Waals surface area contributed by atoms with E-state index in [1.807, 2.05) is 0 Å². The van der Waals surface area contributed by atoms with Gasteiger partial charge in [0.25, 0.3) is 0 Å². The van der Waals surface area contributed by atoms with Crippen LogP contribution >= 0.6 is 0 Å². The van der Waals surface area contributed by atoms with Crippen molar-refractivity contribution < 1.29 is 0 Å². The molecule has 1 heterocycles. The molecule has 0 amide bonds. The van der Waals surface area contributed by atoms with E-state index in [0.717, 1.165) is 0 Å². The molecule has 0 spiro atoms. The molecule has 1 aliphatic heterocycles. The molecule has 0 atom stereocenters. The van der Waals surface area contributed by atoms with Gasteiger partial charge < -0.3 is 0 Å². The molecule has 2 radical (unpaired) electrons. The van der Waals surface area contributed by atoms with Crippen molar-refractivity contribution in [2.75, 3.05) is 6.54 Å². The topological polar surface area (TPSA) is 6.48 Å². The van der Waals surface area contributed by atoms with Crippen LogP contribution in [0, 0.1) is 0 Å². The van der Waals surface area contributed by atoms with Gasteiger partial charge in [-0.25, -0.2) is 0 Å². The zero-order valence-electron chi connectivity index (χ0n) is 11.6. The van der Waals surface area contributed by atoms with Gasteiger partial charge in [0.05, 0.1) is 0 Å². The van der Waals surface area contributed by atoms with Crippen molar-refractivity contribution in [1.29, 1.82) is 0 Å². The van der Waals surface area contributed by atoms with Crippen molar-refractivity contribution in [3.63, 3.8) is 0 Å². The van der Waals surface area contributed by atoms with Gasteiger partial charge in [-0.05, 0) is 0 Å². The zero-order valence-corrected chi connectivity index (χ0v) is 17.5. The molecule has 0 N–H and O–H groups in total. The summed E-state index contributed by atoms with van der Waals surface area (Å²) in [6.07, 6.45) is 0. The predicted molar refractivity (Wildman–Crippen MR) is 75.1 cm³/mol. The van der Waals surface area contributed by atoms with Gasteiger partial charge in [-0.3, -0.25) is 0 Å². The van der Waals surface area contributed by atoms with Crippen LogP contribution in [-0.4, -0.2) is 58.1 Å². The number of hydrogen-bond acceptors (Lipinski definition) is 2. The SMILES string of the molecule is CC1(C)C[N]([Si](C)(C)C)[Pb][N]1[Si](C)(C)C. The maximum absolute atomic E-state index is 2.97. The molecule has 15 heavy (non-hydrogen) atoms. The molecular weight excluding hydrogens is 411 g/mol. The van der Waals surface area contributed by atoms with Gasteiger partial charge in [-0.1, -0.05) is 0 Å². The van der Waals surface area contributed by atoms with Gasteiger partial charge in [-0.2, -0.15) is 0 Å². The number of rotatable bonds is 2. The Morgan fingerprint density at radius 3 is 1.60 bits per heavy atom. The quantitative estimate of drug-likeness (QED) is 0.613. The van der Waals surface area contributed by atoms with E-state index in [-0.39, 0.29) is 0 Å². The van der Waals surface area contributed by atoms with Crippen molar-refractivity contribution >= 4 is 41.3 Å². The Hall–Kier alpha value is 1.28. The van der Waals surface area contributed by atoms with Crippen LogP contribution in [0.3, 0.4) is 0 Å². The Labute approximate surface area is 111 Å². The summed E-state index contributed by atoms with van der Waals surface area (Å²) >= 11 is -0.694. The van der Waals surface area contributed by atoms with Crippen LogP contribution in [0.25, 0.3) is 0 Å². The molecule has 2 nitrogen and oxygen atoms in total. The number of hydrogen-bond donors (Lipinski definition) is 0. The summed E-state index contributed by atoms with van der Waals surface area (Å²) in [7, 11) is -2.11. The minimum atomic E-state index is -1.08. The first-order chi connectivity index (χ1) is 6.44. The summed E-state index contributed by atoms with van der Waals surface area (Å²) in [6, 6.07) is 0. The zero-order chi connectivity index (χ0) is 12.1. The normalized spacial score (nSPS) is 24.8. The molecule has 0 aromatic carbocycles. The molecule has 0 aromatic heterocycles. The van der Waals surface area contributed by atoms with E-state index in [1.54, 1.807) is 0 Å². The summed E-state index contributed by atoms with van der Waals surface area (Å²) in [5, 5.41) is 0. The van der Waals surface area contributed by atoms with Gasteiger partial charge in [0.1, 0.15) is 0 Å². The fourth-order valence-corrected chi connectivity index (χ4v) is 19.4. The molecule has 5 heteroatoms. The Morgan fingerprint density at radius 2 is 1.40 bits per heavy atom. The summed E-state index contributed by atoms with van der Waals surface area (Å²) in [6.45, 7) is 21.3. The van der Waals surface area contributed by atoms with Gasteiger partial charge in [0.15, 0.2) is 0 Å². The van der Waals surface area contributed by atoms with E-state index < -0.39 is 41.3 Å². The van der Waals surface area contributed by atoms with Crippen LogP contribution in [-0.2, 0) is 0 Å². The molecule has 88 valence electrons. The minimum absolute atomic E-state index is 0.466. The van der Waals surface area contributed by atoms with E-state index in [4.69, 9.17) is 0 Å². The Bertz CT molecular complexity index is 243. The molecule has 0 aromatic rings. The molecule has 1 aliphatic rings. The molecular formula is C10H26N2PbSi2. The first-order valence-electron chi connectivity index (χ1n) is 5.79. The summed E-state index contributed by atoms with van der Waals surface area (Å²) < 4.78 is 5.91. The third-order valence-electron chi connectivity index (χ3n) is 2.85. The third kappa shape index (κ3) is 3.37. The monoisotopic (exact) mass is 438 g/mol. The molecule has 1 saturated heterocycles. The van der Waals surface area contributed by atoms with Crippen LogP contribution in [0.15, 0.2) is 0 Å². The molecule has 1 fully saturated rings. The van der Waals surface area contributed by atoms with Crippen LogP contribution in [0.4, 0.5) is 0 Å². The maximum atomic E-state index is 2.97. The second-order valence-electron chi connectivity index (χ2n) is 7.18. The van der Waals surface area contributed by atoms with Gasteiger partial charge >= 0.3 is 111 Å². The van der Waals surface area contributed by atoms with Crippen molar-refractivity contribution in [2.45, 2.75) is 58.7 Å². The summed E-state index contributed by atoms with van der Waals surface area (Å²) in [5.74, 6) is 0. The van der Waals surface area contributed by atoms with Crippen LogP contribution < -0.4 is 0 Å². The molecule has 0 bridgehead atoms. The van der Waals surface area contributed by atoms with Crippen molar-refractivity contribution in [1.82, 2.24) is 4.75 Å². The predicted octanol–water partition coefficient (Wildman–Crippen LogP) is 2.59. The first kappa shape index (κ1) is 14.3. The fraction of sp³-hybridized carbons (Fsp3) is 1.00. The average molecular weight is 438 g/mol. The molecule has 0 unspecified atom stereocenters. The van der Waals surface area contributed by atoms with Crippen LogP contribution in [0.2, 0.25) is 39.3 Å². The fourth-order valence-electron chi connectivity index (χ4n) is 2.19. The molecule has 0 aliphatic carbocycles. The van der Waals surface area contributed by atoms with Crippen LogP contribution in [0.1, 0.15) is 13.8 Å². The second-order valence-corrected chi connectivity index (χ2v) is 24.9. The van der Waals surface area contributed by atoms with E-state index in [2.05, 4.69) is 57.9 Å². The summed E-state index contributed by atoms with van der Waals surface area (Å²) in [5.41, 5.74) is 0.466. The van der Waals surface area contributed by atoms with E-state index >= 15 is 0 Å². The van der Waals surface area contributed by atoms with Gasteiger partial charge in [0, 0.05) is 0 Å². The van der Waals surface area contributed by atoms with E-state index in [1.165, 1.54) is 6.54 Å². The standard InChI is InChI=1S/C10H26N2Si2.Pb/c1-10(2,12-14(6,7)8)9-11-13(3,4)5;/h9H2,1-8H3;/q-2;+2. The summed E-state index contributed by atoms with van der Waals surface area (Å²) in [4.78, 5) is 0. The van der Waals surface area contributed by atoms with Gasteiger partial charge in [-0.15, -0.1) is 0 Å². The number of nitrogens with zero attached hydrogens (tertiary/aromatic N) is 2. The molecule has 1 rings (SSSR count). The average Bonchev–Trinajstić information content (AvgIpc) is 2.22. The Kier molecular flexibility index (Phi) is 4.00. The second kappa shape index (κ2) is 4.18. The van der Waals surface area contributed by atoms with E-state index in [9.17, 15) is 0 Å². The Morgan fingerprint density at radius 1 is 0.933 bits per heavy atom. The van der Waals surface area contributed by atoms with Crippen LogP contribution in [0.5, 0.6) is 0 Å². The van der Waals surface area contributed by atoms with Crippen molar-refractivity contribution in [3.8, 4) is 0 Å². The van der Waals surface area contributed by atoms with Crippen molar-refractivity contribution in [3.05, 3.63) is 0 Å². The third-order valence-corrected chi connectivity index (χ3v) is 28.7.